The molecule has 0 aliphatic rings. The van der Waals surface area contributed by atoms with Gasteiger partial charge in [0, 0.05) is 34.8 Å². The number of hydrogen-bond acceptors (Lipinski definition) is 4. The predicted molar refractivity (Wildman–Crippen MR) is 108 cm³/mol. The van der Waals surface area contributed by atoms with Gasteiger partial charge in [-0.15, -0.1) is 11.3 Å². The lowest BCUT2D eigenvalue weighted by Crippen LogP contribution is -2.25. The molecule has 7 heteroatoms. The van der Waals surface area contributed by atoms with Crippen molar-refractivity contribution in [3.8, 4) is 11.1 Å². The van der Waals surface area contributed by atoms with Crippen molar-refractivity contribution < 1.29 is 9.90 Å². The third-order valence-corrected chi connectivity index (χ3v) is 5.84. The number of hydrogen-bond donors (Lipinski definition) is 1. The molecular formula is C19H19BrN2O3S. The molecule has 0 aliphatic carbocycles. The molecule has 3 aromatic rings. The molecule has 0 amide bonds. The third-order valence-electron chi connectivity index (χ3n) is 4.27. The minimum absolute atomic E-state index is 0.0353. The van der Waals surface area contributed by atoms with Crippen molar-refractivity contribution in [2.75, 3.05) is 0 Å². The number of fused-ring (bicyclic) bond motifs is 1. The molecule has 0 radical (unpaired) electrons. The van der Waals surface area contributed by atoms with Crippen LogP contribution in [-0.2, 0) is 17.8 Å². The number of aromatic nitrogens is 2. The van der Waals surface area contributed by atoms with Gasteiger partial charge in [0.1, 0.15) is 10.7 Å². The first kappa shape index (κ1) is 18.8. The molecule has 0 bridgehead atoms. The fourth-order valence-electron chi connectivity index (χ4n) is 3.00. The van der Waals surface area contributed by atoms with Gasteiger partial charge in [-0.05, 0) is 25.0 Å². The van der Waals surface area contributed by atoms with Crippen molar-refractivity contribution in [3.05, 3.63) is 49.8 Å². The zero-order chi connectivity index (χ0) is 18.8. The molecule has 0 spiro atoms. The highest BCUT2D eigenvalue weighted by Crippen LogP contribution is 2.36. The predicted octanol–water partition coefficient (Wildman–Crippen LogP) is 4.62. The summed E-state index contributed by atoms with van der Waals surface area (Å²) in [5.41, 5.74) is 2.86. The summed E-state index contributed by atoms with van der Waals surface area (Å²) in [5.74, 6) is -0.158. The number of benzene rings is 1. The Bertz CT molecular complexity index is 1040. The molecular weight excluding hydrogens is 416 g/mol. The van der Waals surface area contributed by atoms with Gasteiger partial charge in [-0.1, -0.05) is 40.5 Å². The summed E-state index contributed by atoms with van der Waals surface area (Å²) in [6, 6.07) is 6.04. The van der Waals surface area contributed by atoms with Crippen LogP contribution < -0.4 is 5.56 Å². The number of thiophene rings is 1. The number of aliphatic carboxylic acids is 1. The van der Waals surface area contributed by atoms with E-state index in [4.69, 9.17) is 5.11 Å². The molecule has 0 saturated heterocycles. The molecule has 5 nitrogen and oxygen atoms in total. The summed E-state index contributed by atoms with van der Waals surface area (Å²) in [5, 5.41) is 11.4. The van der Waals surface area contributed by atoms with E-state index in [0.717, 1.165) is 26.0 Å². The SMILES string of the molecule is CCc1nc2scc(-c3cc(C)ccc3Br)c2c(=O)n1CCCC(=O)O. The van der Waals surface area contributed by atoms with Gasteiger partial charge in [-0.25, -0.2) is 4.98 Å². The van der Waals surface area contributed by atoms with Gasteiger partial charge >= 0.3 is 5.97 Å². The largest absolute Gasteiger partial charge is 0.481 e. The van der Waals surface area contributed by atoms with Gasteiger partial charge in [0.05, 0.1) is 5.39 Å². The number of carbonyl (C=O) groups is 1. The molecule has 1 aromatic carbocycles. The Labute approximate surface area is 163 Å². The second-order valence-corrected chi connectivity index (χ2v) is 7.86. The smallest absolute Gasteiger partial charge is 0.303 e. The van der Waals surface area contributed by atoms with Crippen LogP contribution in [0.4, 0.5) is 0 Å². The first-order valence-electron chi connectivity index (χ1n) is 8.41. The van der Waals surface area contributed by atoms with Crippen molar-refractivity contribution in [1.29, 1.82) is 0 Å². The van der Waals surface area contributed by atoms with E-state index in [-0.39, 0.29) is 12.0 Å². The topological polar surface area (TPSA) is 72.2 Å². The van der Waals surface area contributed by atoms with E-state index in [1.54, 1.807) is 4.57 Å². The van der Waals surface area contributed by atoms with E-state index in [2.05, 4.69) is 20.9 Å². The lowest BCUT2D eigenvalue weighted by Gasteiger charge is -2.11. The minimum Gasteiger partial charge on any atom is -0.481 e. The van der Waals surface area contributed by atoms with Crippen molar-refractivity contribution >= 4 is 43.5 Å². The first-order chi connectivity index (χ1) is 12.4. The summed E-state index contributed by atoms with van der Waals surface area (Å²) in [7, 11) is 0. The molecule has 136 valence electrons. The zero-order valence-corrected chi connectivity index (χ0v) is 17.0. The highest BCUT2D eigenvalue weighted by molar-refractivity contribution is 9.10. The number of rotatable bonds is 6. The Morgan fingerprint density at radius 1 is 1.35 bits per heavy atom. The minimum atomic E-state index is -0.856. The molecule has 0 atom stereocenters. The second-order valence-electron chi connectivity index (χ2n) is 6.15. The van der Waals surface area contributed by atoms with Crippen LogP contribution in [0.25, 0.3) is 21.3 Å². The molecule has 3 rings (SSSR count). The van der Waals surface area contributed by atoms with Crippen molar-refractivity contribution in [1.82, 2.24) is 9.55 Å². The molecule has 26 heavy (non-hydrogen) atoms. The molecule has 0 aliphatic heterocycles. The quantitative estimate of drug-likeness (QED) is 0.613. The highest BCUT2D eigenvalue weighted by Gasteiger charge is 2.18. The average molecular weight is 435 g/mol. The average Bonchev–Trinajstić information content (AvgIpc) is 3.02. The number of halogens is 1. The Balaban J connectivity index is 2.17. The van der Waals surface area contributed by atoms with Gasteiger partial charge in [-0.3, -0.25) is 14.2 Å². The van der Waals surface area contributed by atoms with Crippen LogP contribution in [0.1, 0.15) is 31.2 Å². The zero-order valence-electron chi connectivity index (χ0n) is 14.6. The van der Waals surface area contributed by atoms with Gasteiger partial charge in [-0.2, -0.15) is 0 Å². The summed E-state index contributed by atoms with van der Waals surface area (Å²) in [6.45, 7) is 4.33. The van der Waals surface area contributed by atoms with E-state index in [9.17, 15) is 9.59 Å². The van der Waals surface area contributed by atoms with Gasteiger partial charge in [0.2, 0.25) is 0 Å². The Kier molecular flexibility index (Phi) is 5.58. The maximum absolute atomic E-state index is 13.2. The van der Waals surface area contributed by atoms with Gasteiger partial charge < -0.3 is 5.11 Å². The van der Waals surface area contributed by atoms with Crippen molar-refractivity contribution in [3.63, 3.8) is 0 Å². The molecule has 0 saturated carbocycles. The van der Waals surface area contributed by atoms with E-state index in [0.29, 0.717) is 30.6 Å². The van der Waals surface area contributed by atoms with Crippen LogP contribution in [0.3, 0.4) is 0 Å². The fraction of sp³-hybridized carbons (Fsp3) is 0.316. The Hall–Kier alpha value is -1.99. The summed E-state index contributed by atoms with van der Waals surface area (Å²) < 4.78 is 2.56. The van der Waals surface area contributed by atoms with E-state index >= 15 is 0 Å². The van der Waals surface area contributed by atoms with E-state index < -0.39 is 5.97 Å². The van der Waals surface area contributed by atoms with E-state index in [1.165, 1.54) is 11.3 Å². The summed E-state index contributed by atoms with van der Waals surface area (Å²) >= 11 is 5.04. The lowest BCUT2D eigenvalue weighted by atomic mass is 10.0. The lowest BCUT2D eigenvalue weighted by molar-refractivity contribution is -0.137. The normalized spacial score (nSPS) is 11.2. The molecule has 0 unspecified atom stereocenters. The third kappa shape index (κ3) is 3.59. The second kappa shape index (κ2) is 7.72. The van der Waals surface area contributed by atoms with Crippen LogP contribution in [0.15, 0.2) is 32.8 Å². The van der Waals surface area contributed by atoms with Crippen LogP contribution in [0.2, 0.25) is 0 Å². The van der Waals surface area contributed by atoms with Crippen molar-refractivity contribution in [2.24, 2.45) is 0 Å². The van der Waals surface area contributed by atoms with Crippen LogP contribution >= 0.6 is 27.3 Å². The van der Waals surface area contributed by atoms with E-state index in [1.807, 2.05) is 37.4 Å². The first-order valence-corrected chi connectivity index (χ1v) is 10.1. The fourth-order valence-corrected chi connectivity index (χ4v) is 4.41. The van der Waals surface area contributed by atoms with Crippen LogP contribution in [0.5, 0.6) is 0 Å². The van der Waals surface area contributed by atoms with Gasteiger partial charge in [0.15, 0.2) is 0 Å². The maximum Gasteiger partial charge on any atom is 0.303 e. The van der Waals surface area contributed by atoms with Crippen molar-refractivity contribution in [2.45, 2.75) is 39.7 Å². The summed E-state index contributed by atoms with van der Waals surface area (Å²) in [4.78, 5) is 29.4. The summed E-state index contributed by atoms with van der Waals surface area (Å²) in [6.07, 6.45) is 1.07. The number of carboxylic acid groups (broad SMARTS) is 1. The van der Waals surface area contributed by atoms with Crippen LogP contribution in [0, 0.1) is 6.92 Å². The number of carboxylic acids is 1. The Morgan fingerprint density at radius 3 is 2.81 bits per heavy atom. The maximum atomic E-state index is 13.2. The number of nitrogens with zero attached hydrogens (tertiary/aromatic N) is 2. The molecule has 1 N–H and O–H groups in total. The number of aryl methyl sites for hydroxylation is 2. The van der Waals surface area contributed by atoms with Gasteiger partial charge in [0.25, 0.3) is 5.56 Å². The molecule has 2 heterocycles. The molecule has 0 fully saturated rings. The molecule has 2 aromatic heterocycles. The monoisotopic (exact) mass is 434 g/mol. The highest BCUT2D eigenvalue weighted by atomic mass is 79.9. The Morgan fingerprint density at radius 2 is 2.12 bits per heavy atom. The standard InChI is InChI=1S/C19H19BrN2O3S/c1-3-15-21-18-17(19(25)22(15)8-4-5-16(23)24)13(10-26-18)12-9-11(2)6-7-14(12)20/h6-7,9-10H,3-5,8H2,1-2H3,(H,23,24). The van der Waals surface area contributed by atoms with Crippen LogP contribution in [-0.4, -0.2) is 20.6 Å².